The molecule has 270 valence electrons. The van der Waals surface area contributed by atoms with Gasteiger partial charge in [-0.15, -0.1) is 6.58 Å². The van der Waals surface area contributed by atoms with Gasteiger partial charge in [0.2, 0.25) is 29.4 Å². The van der Waals surface area contributed by atoms with Gasteiger partial charge in [0.1, 0.15) is 12.1 Å². The van der Waals surface area contributed by atoms with Crippen molar-refractivity contribution in [1.82, 2.24) is 31.1 Å². The highest BCUT2D eigenvalue weighted by Gasteiger charge is 2.44. The standard InChI is InChI=1S/C35H58N6O7/c1-11-13-15-22(27(44)30(46)36-17-12-2)37-29(45)23-16-14-18-40(23)31(47)28(34(6,7)8)39-32(48)38-24(33(3,4)5)21-41-25(42)19-35(9,10)20-26(41)43/h12,22-24,28H,2,11,13-21H2,1,3-10H3,(H,36,46)(H,37,45)(H2,38,39,48)/t22?,23-,24+,28+/m0/s1. The first kappa shape index (κ1) is 40.4. The number of rotatable bonds is 14. The second-order valence-corrected chi connectivity index (χ2v) is 16.0. The Labute approximate surface area is 285 Å². The maximum absolute atomic E-state index is 14.1. The van der Waals surface area contributed by atoms with E-state index in [2.05, 4.69) is 27.8 Å². The van der Waals surface area contributed by atoms with Crippen molar-refractivity contribution in [3.8, 4) is 0 Å². The van der Waals surface area contributed by atoms with E-state index in [1.807, 2.05) is 41.5 Å². The number of amides is 7. The number of nitrogens with one attached hydrogen (secondary N) is 4. The van der Waals surface area contributed by atoms with Crippen molar-refractivity contribution in [2.24, 2.45) is 16.2 Å². The SMILES string of the molecule is C=CCNC(=O)C(=O)C(CCCC)NC(=O)[C@@H]1CCCN1C(=O)[C@@H](NC(=O)N[C@H](CN1C(=O)CC(C)(C)CC1=O)C(C)(C)C)C(C)(C)C. The van der Waals surface area contributed by atoms with Crippen molar-refractivity contribution in [2.75, 3.05) is 19.6 Å². The zero-order chi connectivity index (χ0) is 36.6. The van der Waals surface area contributed by atoms with E-state index in [4.69, 9.17) is 0 Å². The third-order valence-electron chi connectivity index (χ3n) is 8.91. The van der Waals surface area contributed by atoms with E-state index in [-0.39, 0.29) is 50.7 Å². The summed E-state index contributed by atoms with van der Waals surface area (Å²) >= 11 is 0. The molecule has 4 atom stereocenters. The zero-order valence-electron chi connectivity index (χ0n) is 30.4. The average Bonchev–Trinajstić information content (AvgIpc) is 3.46. The van der Waals surface area contributed by atoms with Gasteiger partial charge in [0.05, 0.1) is 12.1 Å². The second-order valence-electron chi connectivity index (χ2n) is 16.0. The Kier molecular flexibility index (Phi) is 13.9. The molecule has 2 rings (SSSR count). The van der Waals surface area contributed by atoms with Crippen LogP contribution in [0.4, 0.5) is 4.79 Å². The molecule has 0 bridgehead atoms. The second kappa shape index (κ2) is 16.6. The molecule has 2 saturated heterocycles. The number of carbonyl (C=O) groups excluding carboxylic acids is 7. The van der Waals surface area contributed by atoms with Crippen molar-refractivity contribution in [3.05, 3.63) is 12.7 Å². The van der Waals surface area contributed by atoms with E-state index in [1.165, 1.54) is 15.9 Å². The highest BCUT2D eigenvalue weighted by Crippen LogP contribution is 2.33. The van der Waals surface area contributed by atoms with Crippen LogP contribution in [0.1, 0.15) is 107 Å². The van der Waals surface area contributed by atoms with Crippen LogP contribution in [0.15, 0.2) is 12.7 Å². The quantitative estimate of drug-likeness (QED) is 0.125. The first-order valence-electron chi connectivity index (χ1n) is 17.1. The van der Waals surface area contributed by atoms with Gasteiger partial charge in [-0.25, -0.2) is 4.79 Å². The summed E-state index contributed by atoms with van der Waals surface area (Å²) in [7, 11) is 0. The fourth-order valence-electron chi connectivity index (χ4n) is 5.94. The van der Waals surface area contributed by atoms with Gasteiger partial charge in [-0.2, -0.15) is 0 Å². The van der Waals surface area contributed by atoms with Gasteiger partial charge in [-0.05, 0) is 35.5 Å². The molecule has 48 heavy (non-hydrogen) atoms. The molecule has 0 saturated carbocycles. The molecule has 2 aliphatic rings. The maximum atomic E-state index is 14.1. The Morgan fingerprint density at radius 2 is 1.56 bits per heavy atom. The smallest absolute Gasteiger partial charge is 0.315 e. The summed E-state index contributed by atoms with van der Waals surface area (Å²) in [6.07, 6.45) is 4.44. The summed E-state index contributed by atoms with van der Waals surface area (Å²) in [6, 6.07) is -4.22. The summed E-state index contributed by atoms with van der Waals surface area (Å²) in [5.74, 6) is -3.13. The van der Waals surface area contributed by atoms with E-state index >= 15 is 0 Å². The van der Waals surface area contributed by atoms with Gasteiger partial charge >= 0.3 is 6.03 Å². The molecule has 13 nitrogen and oxygen atoms in total. The molecular weight excluding hydrogens is 616 g/mol. The number of unbranched alkanes of at least 4 members (excludes halogenated alkanes) is 1. The number of carbonyl (C=O) groups is 7. The molecule has 0 aromatic heterocycles. The van der Waals surface area contributed by atoms with Crippen molar-refractivity contribution >= 4 is 41.4 Å². The van der Waals surface area contributed by atoms with Gasteiger partial charge in [0.15, 0.2) is 0 Å². The van der Waals surface area contributed by atoms with Crippen LogP contribution in [0, 0.1) is 16.2 Å². The minimum absolute atomic E-state index is 0.00328. The van der Waals surface area contributed by atoms with Gasteiger partial charge in [-0.3, -0.25) is 33.7 Å². The Morgan fingerprint density at radius 3 is 2.08 bits per heavy atom. The number of Topliss-reactive ketones (excluding diaryl/α,β-unsaturated/α-hetero) is 1. The van der Waals surface area contributed by atoms with Crippen LogP contribution in [-0.2, 0) is 28.8 Å². The van der Waals surface area contributed by atoms with E-state index in [1.54, 1.807) is 20.8 Å². The fourth-order valence-corrected chi connectivity index (χ4v) is 5.94. The minimum atomic E-state index is -1.04. The molecule has 0 aliphatic carbocycles. The molecule has 2 aliphatic heterocycles. The van der Waals surface area contributed by atoms with Crippen LogP contribution >= 0.6 is 0 Å². The van der Waals surface area contributed by atoms with E-state index in [9.17, 15) is 33.6 Å². The molecule has 13 heteroatoms. The van der Waals surface area contributed by atoms with Crippen molar-refractivity contribution in [1.29, 1.82) is 0 Å². The molecule has 2 fully saturated rings. The van der Waals surface area contributed by atoms with Crippen molar-refractivity contribution < 1.29 is 33.6 Å². The third-order valence-corrected chi connectivity index (χ3v) is 8.91. The highest BCUT2D eigenvalue weighted by atomic mass is 16.2. The molecule has 0 spiro atoms. The van der Waals surface area contributed by atoms with E-state index < -0.39 is 69.9 Å². The van der Waals surface area contributed by atoms with Crippen LogP contribution in [0.25, 0.3) is 0 Å². The topological polar surface area (TPSA) is 174 Å². The largest absolute Gasteiger partial charge is 0.346 e. The lowest BCUT2D eigenvalue weighted by atomic mass is 9.80. The summed E-state index contributed by atoms with van der Waals surface area (Å²) in [6.45, 7) is 20.7. The normalized spacial score (nSPS) is 20.0. The van der Waals surface area contributed by atoms with Gasteiger partial charge in [-0.1, -0.05) is 81.2 Å². The molecule has 0 aromatic carbocycles. The van der Waals surface area contributed by atoms with E-state index in [0.29, 0.717) is 19.3 Å². The number of ketones is 1. The maximum Gasteiger partial charge on any atom is 0.315 e. The monoisotopic (exact) mass is 674 g/mol. The minimum Gasteiger partial charge on any atom is -0.346 e. The number of imide groups is 1. The number of hydrogen-bond donors (Lipinski definition) is 4. The third kappa shape index (κ3) is 11.2. The van der Waals surface area contributed by atoms with Crippen molar-refractivity contribution in [2.45, 2.75) is 131 Å². The molecule has 0 radical (unpaired) electrons. The fraction of sp³-hybridized carbons (Fsp3) is 0.743. The molecule has 1 unspecified atom stereocenters. The van der Waals surface area contributed by atoms with Crippen LogP contribution in [0.3, 0.4) is 0 Å². The number of likely N-dealkylation sites (tertiary alicyclic amines) is 2. The summed E-state index contributed by atoms with van der Waals surface area (Å²) in [5.41, 5.74) is -1.73. The molecule has 4 N–H and O–H groups in total. The van der Waals surface area contributed by atoms with E-state index in [0.717, 1.165) is 6.42 Å². The lowest BCUT2D eigenvalue weighted by Gasteiger charge is -2.40. The summed E-state index contributed by atoms with van der Waals surface area (Å²) in [5, 5.41) is 10.9. The predicted molar refractivity (Wildman–Crippen MR) is 182 cm³/mol. The predicted octanol–water partition coefficient (Wildman–Crippen LogP) is 2.83. The Bertz CT molecular complexity index is 1230. The molecule has 7 amide bonds. The van der Waals surface area contributed by atoms with Crippen LogP contribution in [0.2, 0.25) is 0 Å². The molecule has 2 heterocycles. The van der Waals surface area contributed by atoms with Gasteiger partial charge in [0, 0.05) is 32.5 Å². The average molecular weight is 675 g/mol. The summed E-state index contributed by atoms with van der Waals surface area (Å²) < 4.78 is 0. The number of hydrogen-bond acceptors (Lipinski definition) is 7. The molecular formula is C35H58N6O7. The van der Waals surface area contributed by atoms with Gasteiger partial charge in [0.25, 0.3) is 5.91 Å². The Hall–Kier alpha value is -3.77. The highest BCUT2D eigenvalue weighted by molar-refractivity contribution is 6.38. The van der Waals surface area contributed by atoms with Crippen LogP contribution in [-0.4, -0.2) is 95.0 Å². The Morgan fingerprint density at radius 1 is 0.958 bits per heavy atom. The zero-order valence-corrected chi connectivity index (χ0v) is 30.4. The van der Waals surface area contributed by atoms with Crippen LogP contribution in [0.5, 0.6) is 0 Å². The first-order chi connectivity index (χ1) is 22.1. The number of urea groups is 1. The first-order valence-corrected chi connectivity index (χ1v) is 17.1. The number of nitrogens with zero attached hydrogens (tertiary/aromatic N) is 2. The molecule has 0 aromatic rings. The lowest BCUT2D eigenvalue weighted by molar-refractivity contribution is -0.153. The van der Waals surface area contributed by atoms with Crippen LogP contribution < -0.4 is 21.3 Å². The number of piperidine rings is 1. The van der Waals surface area contributed by atoms with Gasteiger partial charge < -0.3 is 26.2 Å². The summed E-state index contributed by atoms with van der Waals surface area (Å²) in [4.78, 5) is 94.8. The Balaban J connectivity index is 2.22. The lowest BCUT2D eigenvalue weighted by Crippen LogP contribution is -2.62. The van der Waals surface area contributed by atoms with Crippen molar-refractivity contribution in [3.63, 3.8) is 0 Å².